The fourth-order valence-corrected chi connectivity index (χ4v) is 2.39. The molecule has 2 nitrogen and oxygen atoms in total. The van der Waals surface area contributed by atoms with E-state index in [4.69, 9.17) is 0 Å². The van der Waals surface area contributed by atoms with E-state index in [2.05, 4.69) is 41.5 Å². The summed E-state index contributed by atoms with van der Waals surface area (Å²) in [4.78, 5) is 6.65. The normalized spacial score (nSPS) is 10.1. The molecule has 0 fully saturated rings. The molecule has 1 heterocycles. The summed E-state index contributed by atoms with van der Waals surface area (Å²) in [5.74, 6) is 0.901. The van der Waals surface area contributed by atoms with E-state index in [1.807, 2.05) is 25.4 Å². The highest BCUT2D eigenvalue weighted by Crippen LogP contribution is 2.28. The Balaban J connectivity index is 2.20. The summed E-state index contributed by atoms with van der Waals surface area (Å²) < 4.78 is 0. The highest BCUT2D eigenvalue weighted by Gasteiger charge is 1.99. The predicted molar refractivity (Wildman–Crippen MR) is 69.1 cm³/mol. The molecule has 0 bridgehead atoms. The van der Waals surface area contributed by atoms with Crippen molar-refractivity contribution in [2.75, 3.05) is 12.4 Å². The van der Waals surface area contributed by atoms with Gasteiger partial charge in [0.15, 0.2) is 0 Å². The largest absolute Gasteiger partial charge is 0.373 e. The maximum atomic E-state index is 4.19. The van der Waals surface area contributed by atoms with Crippen LogP contribution >= 0.6 is 11.8 Å². The van der Waals surface area contributed by atoms with Crippen LogP contribution in [0.5, 0.6) is 0 Å². The monoisotopic (exact) mass is 230 g/mol. The third-order valence-electron chi connectivity index (χ3n) is 2.21. The van der Waals surface area contributed by atoms with Crippen LogP contribution in [-0.4, -0.2) is 12.0 Å². The molecule has 1 aromatic carbocycles. The lowest BCUT2D eigenvalue weighted by atomic mass is 10.2. The van der Waals surface area contributed by atoms with E-state index in [1.54, 1.807) is 11.8 Å². The van der Waals surface area contributed by atoms with Gasteiger partial charge in [0.05, 0.1) is 0 Å². The molecule has 82 valence electrons. The molecule has 1 aromatic heterocycles. The number of aromatic nitrogens is 1. The first-order valence-electron chi connectivity index (χ1n) is 5.16. The Kier molecular flexibility index (Phi) is 3.47. The molecule has 0 spiro atoms. The summed E-state index contributed by atoms with van der Waals surface area (Å²) in [7, 11) is 1.88. The van der Waals surface area contributed by atoms with Gasteiger partial charge in [0, 0.05) is 23.0 Å². The third kappa shape index (κ3) is 2.76. The molecule has 3 heteroatoms. The minimum atomic E-state index is 0.901. The Morgan fingerprint density at radius 1 is 1.12 bits per heavy atom. The summed E-state index contributed by atoms with van der Waals surface area (Å²) in [6, 6.07) is 12.6. The van der Waals surface area contributed by atoms with Crippen LogP contribution in [-0.2, 0) is 0 Å². The molecular weight excluding hydrogens is 216 g/mol. The third-order valence-corrected chi connectivity index (χ3v) is 3.19. The van der Waals surface area contributed by atoms with Crippen molar-refractivity contribution in [3.63, 3.8) is 0 Å². The predicted octanol–water partition coefficient (Wildman–Crippen LogP) is 3.58. The van der Waals surface area contributed by atoms with Crippen LogP contribution in [0.4, 0.5) is 5.82 Å². The van der Waals surface area contributed by atoms with E-state index in [-0.39, 0.29) is 0 Å². The number of pyridine rings is 1. The van der Waals surface area contributed by atoms with Gasteiger partial charge >= 0.3 is 0 Å². The van der Waals surface area contributed by atoms with Crippen LogP contribution < -0.4 is 5.32 Å². The number of hydrogen-bond acceptors (Lipinski definition) is 3. The number of aryl methyl sites for hydroxylation is 1. The molecule has 0 atom stereocenters. The molecule has 16 heavy (non-hydrogen) atoms. The fourth-order valence-electron chi connectivity index (χ4n) is 1.43. The Morgan fingerprint density at radius 2 is 1.94 bits per heavy atom. The lowest BCUT2D eigenvalue weighted by molar-refractivity contribution is 1.23. The van der Waals surface area contributed by atoms with Crippen molar-refractivity contribution in [1.82, 2.24) is 4.98 Å². The molecule has 0 saturated carbocycles. The first-order valence-corrected chi connectivity index (χ1v) is 5.98. The molecule has 2 aromatic rings. The molecule has 2 rings (SSSR count). The van der Waals surface area contributed by atoms with Crippen LogP contribution in [0.25, 0.3) is 0 Å². The van der Waals surface area contributed by atoms with E-state index in [0.29, 0.717) is 0 Å². The van der Waals surface area contributed by atoms with Crippen LogP contribution in [0.1, 0.15) is 5.56 Å². The molecule has 0 amide bonds. The van der Waals surface area contributed by atoms with Crippen molar-refractivity contribution in [3.05, 3.63) is 48.2 Å². The van der Waals surface area contributed by atoms with Crippen LogP contribution in [0.15, 0.2) is 52.4 Å². The SMILES string of the molecule is CNc1cc(Sc2cccc(C)c2)ccn1. The zero-order valence-corrected chi connectivity index (χ0v) is 10.2. The quantitative estimate of drug-likeness (QED) is 0.872. The Bertz CT molecular complexity index is 483. The molecule has 0 aliphatic carbocycles. The van der Waals surface area contributed by atoms with Crippen LogP contribution in [0.3, 0.4) is 0 Å². The summed E-state index contributed by atoms with van der Waals surface area (Å²) in [6.45, 7) is 2.11. The van der Waals surface area contributed by atoms with Gasteiger partial charge in [0.25, 0.3) is 0 Å². The summed E-state index contributed by atoms with van der Waals surface area (Å²) in [5, 5.41) is 3.04. The van der Waals surface area contributed by atoms with Crippen molar-refractivity contribution in [2.24, 2.45) is 0 Å². The van der Waals surface area contributed by atoms with Crippen LogP contribution in [0.2, 0.25) is 0 Å². The van der Waals surface area contributed by atoms with Gasteiger partial charge in [-0.25, -0.2) is 4.98 Å². The Hall–Kier alpha value is -1.48. The molecular formula is C13H14N2S. The summed E-state index contributed by atoms with van der Waals surface area (Å²) >= 11 is 1.75. The molecule has 0 aliphatic heterocycles. The van der Waals surface area contributed by atoms with Crippen molar-refractivity contribution in [3.8, 4) is 0 Å². The van der Waals surface area contributed by atoms with E-state index in [1.165, 1.54) is 15.4 Å². The number of nitrogens with zero attached hydrogens (tertiary/aromatic N) is 1. The van der Waals surface area contributed by atoms with Crippen molar-refractivity contribution in [2.45, 2.75) is 16.7 Å². The smallest absolute Gasteiger partial charge is 0.126 e. The number of anilines is 1. The van der Waals surface area contributed by atoms with Gasteiger partial charge in [0.1, 0.15) is 5.82 Å². The zero-order chi connectivity index (χ0) is 11.4. The second-order valence-corrected chi connectivity index (χ2v) is 4.69. The topological polar surface area (TPSA) is 24.9 Å². The fraction of sp³-hybridized carbons (Fsp3) is 0.154. The van der Waals surface area contributed by atoms with Crippen molar-refractivity contribution >= 4 is 17.6 Å². The number of benzene rings is 1. The minimum Gasteiger partial charge on any atom is -0.373 e. The van der Waals surface area contributed by atoms with Gasteiger partial charge in [0.2, 0.25) is 0 Å². The average Bonchev–Trinajstić information content (AvgIpc) is 2.29. The lowest BCUT2D eigenvalue weighted by Gasteiger charge is -2.04. The second-order valence-electron chi connectivity index (χ2n) is 3.55. The van der Waals surface area contributed by atoms with Gasteiger partial charge in [-0.1, -0.05) is 29.5 Å². The van der Waals surface area contributed by atoms with Crippen LogP contribution in [0, 0.1) is 6.92 Å². The molecule has 0 saturated heterocycles. The van der Waals surface area contributed by atoms with Crippen molar-refractivity contribution in [1.29, 1.82) is 0 Å². The first kappa shape index (κ1) is 11.0. The molecule has 0 unspecified atom stereocenters. The van der Waals surface area contributed by atoms with E-state index in [0.717, 1.165) is 5.82 Å². The maximum Gasteiger partial charge on any atom is 0.126 e. The van der Waals surface area contributed by atoms with Gasteiger partial charge in [-0.3, -0.25) is 0 Å². The molecule has 1 N–H and O–H groups in total. The highest BCUT2D eigenvalue weighted by atomic mass is 32.2. The van der Waals surface area contributed by atoms with E-state index < -0.39 is 0 Å². The average molecular weight is 230 g/mol. The first-order chi connectivity index (χ1) is 7.78. The summed E-state index contributed by atoms with van der Waals surface area (Å²) in [5.41, 5.74) is 1.29. The van der Waals surface area contributed by atoms with Gasteiger partial charge in [-0.2, -0.15) is 0 Å². The Labute approximate surface area is 100 Å². The van der Waals surface area contributed by atoms with Crippen molar-refractivity contribution < 1.29 is 0 Å². The minimum absolute atomic E-state index is 0.901. The number of hydrogen-bond donors (Lipinski definition) is 1. The van der Waals surface area contributed by atoms with Gasteiger partial charge in [-0.15, -0.1) is 0 Å². The van der Waals surface area contributed by atoms with Gasteiger partial charge < -0.3 is 5.32 Å². The zero-order valence-electron chi connectivity index (χ0n) is 9.40. The van der Waals surface area contributed by atoms with E-state index in [9.17, 15) is 0 Å². The number of nitrogens with one attached hydrogen (secondary N) is 1. The molecule has 0 radical (unpaired) electrons. The molecule has 0 aliphatic rings. The summed E-state index contributed by atoms with van der Waals surface area (Å²) in [6.07, 6.45) is 1.82. The van der Waals surface area contributed by atoms with E-state index >= 15 is 0 Å². The Morgan fingerprint density at radius 3 is 2.69 bits per heavy atom. The highest BCUT2D eigenvalue weighted by molar-refractivity contribution is 7.99. The second kappa shape index (κ2) is 5.03. The maximum absolute atomic E-state index is 4.19. The number of rotatable bonds is 3. The standard InChI is InChI=1S/C13H14N2S/c1-10-4-3-5-11(8-10)16-12-6-7-15-13(9-12)14-2/h3-9H,1-2H3,(H,14,15). The van der Waals surface area contributed by atoms with Gasteiger partial charge in [-0.05, 0) is 31.2 Å². The lowest BCUT2D eigenvalue weighted by Crippen LogP contribution is -1.90.